The van der Waals surface area contributed by atoms with Crippen molar-refractivity contribution in [2.24, 2.45) is 0 Å². The van der Waals surface area contributed by atoms with Crippen LogP contribution in [0.4, 0.5) is 14.6 Å². The third-order valence-corrected chi connectivity index (χ3v) is 8.45. The fourth-order valence-electron chi connectivity index (χ4n) is 4.73. The summed E-state index contributed by atoms with van der Waals surface area (Å²) in [4.78, 5) is 8.00. The van der Waals surface area contributed by atoms with Crippen LogP contribution < -0.4 is 10.5 Å². The highest BCUT2D eigenvalue weighted by Gasteiger charge is 2.32. The minimum atomic E-state index is -4.21. The molecule has 0 saturated heterocycles. The van der Waals surface area contributed by atoms with Gasteiger partial charge in [0.2, 0.25) is 10.0 Å². The summed E-state index contributed by atoms with van der Waals surface area (Å²) < 4.78 is 59.9. The van der Waals surface area contributed by atoms with Crippen molar-refractivity contribution in [2.45, 2.75) is 55.8 Å². The van der Waals surface area contributed by atoms with Gasteiger partial charge >= 0.3 is 0 Å². The first-order chi connectivity index (χ1) is 18.0. The number of fused-ring (bicyclic) bond motifs is 1. The zero-order valence-corrected chi connectivity index (χ0v) is 21.3. The monoisotopic (exact) mass is 543 g/mol. The van der Waals surface area contributed by atoms with Crippen LogP contribution in [0.5, 0.6) is 0 Å². The quantitative estimate of drug-likeness (QED) is 0.292. The van der Waals surface area contributed by atoms with Crippen molar-refractivity contribution >= 4 is 21.5 Å². The highest BCUT2D eigenvalue weighted by Crippen LogP contribution is 2.32. The Kier molecular flexibility index (Phi) is 6.68. The summed E-state index contributed by atoms with van der Waals surface area (Å²) in [5.74, 6) is -1.50. The number of nitrogen functional groups attached to an aromatic ring is 1. The van der Waals surface area contributed by atoms with Crippen molar-refractivity contribution in [3.63, 3.8) is 0 Å². The van der Waals surface area contributed by atoms with E-state index in [0.29, 0.717) is 42.5 Å². The maximum atomic E-state index is 14.8. The summed E-state index contributed by atoms with van der Waals surface area (Å²) >= 11 is 0. The highest BCUT2D eigenvalue weighted by atomic mass is 32.2. The second kappa shape index (κ2) is 9.70. The van der Waals surface area contributed by atoms with Crippen LogP contribution in [0, 0.1) is 11.6 Å². The number of benzene rings is 2. The summed E-state index contributed by atoms with van der Waals surface area (Å²) in [6.45, 7) is 1.40. The Hall–Kier alpha value is -3.45. The predicted molar refractivity (Wildman–Crippen MR) is 137 cm³/mol. The van der Waals surface area contributed by atoms with Gasteiger partial charge in [-0.05, 0) is 68.5 Å². The topological polar surface area (TPSA) is 143 Å². The molecule has 0 bridgehead atoms. The third kappa shape index (κ3) is 4.99. The van der Waals surface area contributed by atoms with Crippen LogP contribution in [0.1, 0.15) is 38.2 Å². The summed E-state index contributed by atoms with van der Waals surface area (Å²) in [7, 11) is -4.21. The first kappa shape index (κ1) is 26.2. The SMILES string of the molecule is CC1(O)CCC(NS(=O)(=O)c2cc(-c3cnc4c(N)nc(-c5ccc(CO)cc5F)cn34)ccc2F)CC1. The third-order valence-electron chi connectivity index (χ3n) is 6.91. The number of aliphatic hydroxyl groups is 2. The number of aliphatic hydroxyl groups excluding tert-OH is 1. The molecule has 0 spiro atoms. The van der Waals surface area contributed by atoms with Crippen LogP contribution in [0.3, 0.4) is 0 Å². The summed E-state index contributed by atoms with van der Waals surface area (Å²) in [6.07, 6.45) is 4.70. The second-order valence-electron chi connectivity index (χ2n) is 9.86. The molecule has 2 aromatic carbocycles. The van der Waals surface area contributed by atoms with Gasteiger partial charge in [0.25, 0.3) is 0 Å². The largest absolute Gasteiger partial charge is 0.392 e. The van der Waals surface area contributed by atoms with Crippen molar-refractivity contribution in [1.82, 2.24) is 19.1 Å². The summed E-state index contributed by atoms with van der Waals surface area (Å²) in [6, 6.07) is 7.52. The van der Waals surface area contributed by atoms with E-state index in [2.05, 4.69) is 14.7 Å². The van der Waals surface area contributed by atoms with E-state index in [-0.39, 0.29) is 29.3 Å². The number of nitrogens with one attached hydrogen (secondary N) is 1. The number of nitrogens with two attached hydrogens (primary N) is 1. The fraction of sp³-hybridized carbons (Fsp3) is 0.308. The lowest BCUT2D eigenvalue weighted by Gasteiger charge is -2.33. The molecule has 2 aromatic heterocycles. The summed E-state index contributed by atoms with van der Waals surface area (Å²) in [5.41, 5.74) is 7.00. The molecule has 4 aromatic rings. The number of imidazole rings is 1. The van der Waals surface area contributed by atoms with Gasteiger partial charge in [-0.25, -0.2) is 31.9 Å². The molecule has 12 heteroatoms. The van der Waals surface area contributed by atoms with E-state index in [9.17, 15) is 27.4 Å². The number of sulfonamides is 1. The van der Waals surface area contributed by atoms with Crippen molar-refractivity contribution in [3.8, 4) is 22.5 Å². The molecule has 1 fully saturated rings. The number of anilines is 1. The van der Waals surface area contributed by atoms with Crippen LogP contribution in [-0.4, -0.2) is 44.6 Å². The molecular formula is C26H27F2N5O4S. The lowest BCUT2D eigenvalue weighted by Crippen LogP contribution is -2.42. The molecule has 0 amide bonds. The van der Waals surface area contributed by atoms with E-state index in [0.717, 1.165) is 6.07 Å². The van der Waals surface area contributed by atoms with E-state index in [1.807, 2.05) is 0 Å². The Morgan fingerprint density at radius 2 is 1.89 bits per heavy atom. The zero-order chi connectivity index (χ0) is 27.2. The molecule has 5 N–H and O–H groups in total. The highest BCUT2D eigenvalue weighted by molar-refractivity contribution is 7.89. The van der Waals surface area contributed by atoms with Gasteiger partial charge in [-0.2, -0.15) is 0 Å². The number of hydrogen-bond donors (Lipinski definition) is 4. The fourth-order valence-corrected chi connectivity index (χ4v) is 6.14. The average molecular weight is 544 g/mol. The molecule has 1 aliphatic carbocycles. The Labute approximate surface area is 218 Å². The Bertz CT molecular complexity index is 1630. The molecule has 5 rings (SSSR count). The Morgan fingerprint density at radius 1 is 1.16 bits per heavy atom. The molecule has 200 valence electrons. The van der Waals surface area contributed by atoms with Crippen molar-refractivity contribution in [3.05, 3.63) is 66.0 Å². The van der Waals surface area contributed by atoms with Gasteiger partial charge in [0.1, 0.15) is 16.5 Å². The minimum absolute atomic E-state index is 0.0178. The lowest BCUT2D eigenvalue weighted by atomic mass is 9.84. The smallest absolute Gasteiger partial charge is 0.243 e. The van der Waals surface area contributed by atoms with Crippen LogP contribution in [-0.2, 0) is 16.6 Å². The van der Waals surface area contributed by atoms with Crippen LogP contribution in [0.2, 0.25) is 0 Å². The van der Waals surface area contributed by atoms with Gasteiger partial charge in [-0.3, -0.25) is 4.40 Å². The Morgan fingerprint density at radius 3 is 2.58 bits per heavy atom. The first-order valence-electron chi connectivity index (χ1n) is 12.1. The van der Waals surface area contributed by atoms with E-state index in [1.54, 1.807) is 13.0 Å². The standard InChI is InChI=1S/C26H27F2N5O4S/c1-26(35)8-6-17(7-9-26)32-38(36,37)23-11-16(3-5-19(23)27)22-12-30-25-24(29)31-21(13-33(22)25)18-4-2-15(14-34)10-20(18)28/h2-5,10-13,17,32,34-35H,6-9,14H2,1H3,(H2,29,31). The molecule has 2 heterocycles. The van der Waals surface area contributed by atoms with Crippen molar-refractivity contribution < 1.29 is 27.4 Å². The number of hydrogen-bond acceptors (Lipinski definition) is 7. The van der Waals surface area contributed by atoms with Gasteiger partial charge in [-0.1, -0.05) is 6.07 Å². The number of rotatable bonds is 6. The number of nitrogens with zero attached hydrogens (tertiary/aromatic N) is 3. The summed E-state index contributed by atoms with van der Waals surface area (Å²) in [5, 5.41) is 19.4. The van der Waals surface area contributed by atoms with Crippen molar-refractivity contribution in [1.29, 1.82) is 0 Å². The van der Waals surface area contributed by atoms with Crippen LogP contribution in [0.15, 0.2) is 53.7 Å². The molecular weight excluding hydrogens is 516 g/mol. The van der Waals surface area contributed by atoms with Gasteiger partial charge in [0.05, 0.1) is 29.8 Å². The minimum Gasteiger partial charge on any atom is -0.392 e. The van der Waals surface area contributed by atoms with Gasteiger partial charge in [-0.15, -0.1) is 0 Å². The molecule has 9 nitrogen and oxygen atoms in total. The zero-order valence-electron chi connectivity index (χ0n) is 20.5. The maximum absolute atomic E-state index is 14.8. The van der Waals surface area contributed by atoms with Gasteiger partial charge in [0.15, 0.2) is 11.5 Å². The molecule has 0 aliphatic heterocycles. The van der Waals surface area contributed by atoms with E-state index in [1.165, 1.54) is 41.1 Å². The van der Waals surface area contributed by atoms with Crippen LogP contribution in [0.25, 0.3) is 28.2 Å². The number of aromatic nitrogens is 3. The average Bonchev–Trinajstić information content (AvgIpc) is 3.30. The van der Waals surface area contributed by atoms with E-state index in [4.69, 9.17) is 5.73 Å². The molecule has 1 aliphatic rings. The normalized spacial score (nSPS) is 20.2. The molecule has 38 heavy (non-hydrogen) atoms. The molecule has 1 saturated carbocycles. The molecule has 0 atom stereocenters. The molecule has 0 unspecified atom stereocenters. The predicted octanol–water partition coefficient (Wildman–Crippen LogP) is 3.39. The van der Waals surface area contributed by atoms with Crippen LogP contribution >= 0.6 is 0 Å². The number of halogens is 2. The second-order valence-corrected chi connectivity index (χ2v) is 11.5. The Balaban J connectivity index is 1.53. The van der Waals surface area contributed by atoms with Gasteiger partial charge in [0, 0.05) is 23.4 Å². The first-order valence-corrected chi connectivity index (χ1v) is 13.5. The van der Waals surface area contributed by atoms with Crippen molar-refractivity contribution in [2.75, 3.05) is 5.73 Å². The lowest BCUT2D eigenvalue weighted by molar-refractivity contribution is 0.0163. The van der Waals surface area contributed by atoms with E-state index >= 15 is 0 Å². The maximum Gasteiger partial charge on any atom is 0.243 e. The van der Waals surface area contributed by atoms with Gasteiger partial charge < -0.3 is 15.9 Å². The van der Waals surface area contributed by atoms with E-state index < -0.39 is 38.2 Å². The molecule has 0 radical (unpaired) electrons.